The predicted octanol–water partition coefficient (Wildman–Crippen LogP) is 2.61. The first kappa shape index (κ1) is 13.8. The molecule has 2 heterocycles. The normalized spacial score (nSPS) is 16.7. The molecule has 1 aliphatic heterocycles. The van der Waals surface area contributed by atoms with Crippen LogP contribution in [0.4, 0.5) is 5.82 Å². The van der Waals surface area contributed by atoms with Crippen molar-refractivity contribution in [1.29, 1.82) is 5.41 Å². The third-order valence-corrected chi connectivity index (χ3v) is 4.09. The van der Waals surface area contributed by atoms with E-state index in [0.29, 0.717) is 0 Å². The van der Waals surface area contributed by atoms with Crippen LogP contribution >= 0.6 is 0 Å². The number of aryl methyl sites for hydroxylation is 2. The quantitative estimate of drug-likeness (QED) is 0.648. The maximum absolute atomic E-state index is 7.79. The Morgan fingerprint density at radius 1 is 1.42 bits per heavy atom. The van der Waals surface area contributed by atoms with Gasteiger partial charge in [0.2, 0.25) is 0 Å². The van der Waals surface area contributed by atoms with Gasteiger partial charge in [-0.15, -0.1) is 0 Å². The monoisotopic (exact) mass is 260 g/mol. The Morgan fingerprint density at radius 3 is 2.58 bits per heavy atom. The molecule has 0 bridgehead atoms. The molecule has 1 saturated heterocycles. The van der Waals surface area contributed by atoms with Crippen LogP contribution in [-0.2, 0) is 0 Å². The Hall–Kier alpha value is -1.58. The zero-order chi connectivity index (χ0) is 14.0. The number of amidine groups is 1. The molecule has 1 fully saturated rings. The predicted molar refractivity (Wildman–Crippen MR) is 80.0 cm³/mol. The lowest BCUT2D eigenvalue weighted by atomic mass is 9.94. The Kier molecular flexibility index (Phi) is 4.08. The van der Waals surface area contributed by atoms with Crippen molar-refractivity contribution in [2.45, 2.75) is 40.0 Å². The summed E-state index contributed by atoms with van der Waals surface area (Å²) in [6.07, 6.45) is 3.68. The van der Waals surface area contributed by atoms with E-state index in [1.807, 2.05) is 19.9 Å². The van der Waals surface area contributed by atoms with E-state index in [4.69, 9.17) is 11.1 Å². The zero-order valence-electron chi connectivity index (χ0n) is 12.2. The molecule has 1 aliphatic rings. The number of anilines is 1. The van der Waals surface area contributed by atoms with E-state index in [0.717, 1.165) is 41.6 Å². The number of aromatic nitrogens is 1. The SMILES string of the molecule is CCC1CCN(c2nc(C)cc(C)c2C(=N)N)CC1. The molecular weight excluding hydrogens is 236 g/mol. The maximum atomic E-state index is 7.79. The van der Waals surface area contributed by atoms with Crippen LogP contribution in [0.1, 0.15) is 43.0 Å². The van der Waals surface area contributed by atoms with Crippen molar-refractivity contribution in [1.82, 2.24) is 4.98 Å². The summed E-state index contributed by atoms with van der Waals surface area (Å²) in [5.74, 6) is 1.86. The number of hydrogen-bond donors (Lipinski definition) is 2. The molecule has 0 aliphatic carbocycles. The van der Waals surface area contributed by atoms with E-state index in [2.05, 4.69) is 16.8 Å². The molecule has 0 atom stereocenters. The largest absolute Gasteiger partial charge is 0.384 e. The summed E-state index contributed by atoms with van der Waals surface area (Å²) in [5.41, 5.74) is 8.59. The lowest BCUT2D eigenvalue weighted by Gasteiger charge is -2.34. The van der Waals surface area contributed by atoms with Crippen LogP contribution in [0.5, 0.6) is 0 Å². The van der Waals surface area contributed by atoms with Crippen molar-refractivity contribution in [3.8, 4) is 0 Å². The number of nitrogens with two attached hydrogens (primary N) is 1. The number of rotatable bonds is 3. The van der Waals surface area contributed by atoms with Gasteiger partial charge in [0.05, 0.1) is 5.56 Å². The Balaban J connectivity index is 2.31. The number of nitrogen functional groups attached to an aromatic ring is 1. The second-order valence-corrected chi connectivity index (χ2v) is 5.53. The summed E-state index contributed by atoms with van der Waals surface area (Å²) in [6, 6.07) is 2.00. The van der Waals surface area contributed by atoms with Gasteiger partial charge in [0.15, 0.2) is 0 Å². The van der Waals surface area contributed by atoms with Gasteiger partial charge in [0.1, 0.15) is 11.7 Å². The molecule has 0 saturated carbocycles. The van der Waals surface area contributed by atoms with Crippen molar-refractivity contribution in [2.75, 3.05) is 18.0 Å². The van der Waals surface area contributed by atoms with Gasteiger partial charge in [-0.3, -0.25) is 5.41 Å². The van der Waals surface area contributed by atoms with Crippen molar-refractivity contribution in [3.05, 3.63) is 22.9 Å². The highest BCUT2D eigenvalue weighted by atomic mass is 15.2. The minimum Gasteiger partial charge on any atom is -0.384 e. The van der Waals surface area contributed by atoms with Crippen molar-refractivity contribution in [3.63, 3.8) is 0 Å². The minimum absolute atomic E-state index is 0.123. The smallest absolute Gasteiger partial charge is 0.140 e. The van der Waals surface area contributed by atoms with E-state index >= 15 is 0 Å². The molecule has 2 rings (SSSR count). The van der Waals surface area contributed by atoms with Crippen LogP contribution in [0.2, 0.25) is 0 Å². The lowest BCUT2D eigenvalue weighted by molar-refractivity contribution is 0.393. The van der Waals surface area contributed by atoms with Crippen LogP contribution in [-0.4, -0.2) is 23.9 Å². The van der Waals surface area contributed by atoms with Crippen LogP contribution in [0.15, 0.2) is 6.07 Å². The molecule has 19 heavy (non-hydrogen) atoms. The van der Waals surface area contributed by atoms with Gasteiger partial charge in [0, 0.05) is 18.8 Å². The third-order valence-electron chi connectivity index (χ3n) is 4.09. The van der Waals surface area contributed by atoms with Crippen molar-refractivity contribution >= 4 is 11.7 Å². The van der Waals surface area contributed by atoms with Crippen molar-refractivity contribution < 1.29 is 0 Å². The summed E-state index contributed by atoms with van der Waals surface area (Å²) in [7, 11) is 0. The second kappa shape index (κ2) is 5.59. The molecule has 0 amide bonds. The molecule has 0 spiro atoms. The van der Waals surface area contributed by atoms with Crippen LogP contribution in [0.25, 0.3) is 0 Å². The molecule has 3 N–H and O–H groups in total. The summed E-state index contributed by atoms with van der Waals surface area (Å²) in [5, 5.41) is 7.79. The molecule has 1 aromatic heterocycles. The van der Waals surface area contributed by atoms with Crippen LogP contribution in [0, 0.1) is 25.2 Å². The summed E-state index contributed by atoms with van der Waals surface area (Å²) >= 11 is 0. The molecule has 4 heteroatoms. The molecule has 0 radical (unpaired) electrons. The highest BCUT2D eigenvalue weighted by molar-refractivity contribution is 6.01. The highest BCUT2D eigenvalue weighted by Crippen LogP contribution is 2.28. The van der Waals surface area contributed by atoms with Crippen molar-refractivity contribution in [2.24, 2.45) is 11.7 Å². The highest BCUT2D eigenvalue weighted by Gasteiger charge is 2.23. The van der Waals surface area contributed by atoms with E-state index < -0.39 is 0 Å². The average Bonchev–Trinajstić information content (AvgIpc) is 2.37. The standard InChI is InChI=1S/C15H24N4/c1-4-12-5-7-19(8-6-12)15-13(14(16)17)10(2)9-11(3)18-15/h9,12H,4-8H2,1-3H3,(H3,16,17). The fourth-order valence-corrected chi connectivity index (χ4v) is 2.93. The molecule has 104 valence electrons. The van der Waals surface area contributed by atoms with Crippen LogP contribution in [0.3, 0.4) is 0 Å². The zero-order valence-corrected chi connectivity index (χ0v) is 12.2. The number of hydrogen-bond acceptors (Lipinski definition) is 3. The fourth-order valence-electron chi connectivity index (χ4n) is 2.93. The Labute approximate surface area is 115 Å². The van der Waals surface area contributed by atoms with E-state index in [1.165, 1.54) is 19.3 Å². The van der Waals surface area contributed by atoms with E-state index in [-0.39, 0.29) is 5.84 Å². The first-order valence-corrected chi connectivity index (χ1v) is 7.10. The number of nitrogens with zero attached hydrogens (tertiary/aromatic N) is 2. The first-order chi connectivity index (χ1) is 9.02. The molecule has 4 nitrogen and oxygen atoms in total. The van der Waals surface area contributed by atoms with E-state index in [1.54, 1.807) is 0 Å². The molecule has 1 aromatic rings. The second-order valence-electron chi connectivity index (χ2n) is 5.53. The first-order valence-electron chi connectivity index (χ1n) is 7.10. The Bertz CT molecular complexity index is 473. The maximum Gasteiger partial charge on any atom is 0.140 e. The van der Waals surface area contributed by atoms with Gasteiger partial charge in [-0.2, -0.15) is 0 Å². The minimum atomic E-state index is 0.123. The topological polar surface area (TPSA) is 66.0 Å². The average molecular weight is 260 g/mol. The van der Waals surface area contributed by atoms with Gasteiger partial charge in [0.25, 0.3) is 0 Å². The lowest BCUT2D eigenvalue weighted by Crippen LogP contribution is -2.36. The number of piperidine rings is 1. The van der Waals surface area contributed by atoms with Gasteiger partial charge >= 0.3 is 0 Å². The van der Waals surface area contributed by atoms with Crippen LogP contribution < -0.4 is 10.6 Å². The fraction of sp³-hybridized carbons (Fsp3) is 0.600. The van der Waals surface area contributed by atoms with E-state index in [9.17, 15) is 0 Å². The summed E-state index contributed by atoms with van der Waals surface area (Å²) in [4.78, 5) is 6.93. The Morgan fingerprint density at radius 2 is 2.05 bits per heavy atom. The molecule has 0 unspecified atom stereocenters. The molecular formula is C15H24N4. The summed E-state index contributed by atoms with van der Waals surface area (Å²) in [6.45, 7) is 8.31. The van der Waals surface area contributed by atoms with Gasteiger partial charge in [-0.25, -0.2) is 4.98 Å². The van der Waals surface area contributed by atoms with Gasteiger partial charge < -0.3 is 10.6 Å². The van der Waals surface area contributed by atoms with Gasteiger partial charge in [-0.05, 0) is 44.2 Å². The number of pyridine rings is 1. The third kappa shape index (κ3) is 2.88. The summed E-state index contributed by atoms with van der Waals surface area (Å²) < 4.78 is 0. The van der Waals surface area contributed by atoms with Gasteiger partial charge in [-0.1, -0.05) is 13.3 Å². The molecule has 0 aromatic carbocycles. The number of nitrogens with one attached hydrogen (secondary N) is 1.